The second kappa shape index (κ2) is 14.2. The van der Waals surface area contributed by atoms with Crippen LogP contribution in [0.4, 0.5) is 0 Å². The Kier molecular flexibility index (Phi) is 14.3. The van der Waals surface area contributed by atoms with E-state index >= 15 is 0 Å². The van der Waals surface area contributed by atoms with Crippen LogP contribution >= 0.6 is 0 Å². The molecule has 0 aliphatic rings. The number of rotatable bonds is 13. The minimum atomic E-state index is -3.65. The van der Waals surface area contributed by atoms with Crippen molar-refractivity contribution in [3.8, 4) is 0 Å². The van der Waals surface area contributed by atoms with Crippen molar-refractivity contribution in [3.63, 3.8) is 0 Å². The number of benzene rings is 1. The van der Waals surface area contributed by atoms with Gasteiger partial charge >= 0.3 is 29.6 Å². The molecule has 140 valence electrons. The number of aryl methyl sites for hydroxylation is 2. The molecule has 0 aromatic heterocycles. The summed E-state index contributed by atoms with van der Waals surface area (Å²) in [6, 6.07) is 5.79. The summed E-state index contributed by atoms with van der Waals surface area (Å²) in [5.41, 5.74) is 1.92. The van der Waals surface area contributed by atoms with Crippen molar-refractivity contribution in [1.29, 1.82) is 0 Å². The molecule has 1 aromatic rings. The summed E-state index contributed by atoms with van der Waals surface area (Å²) < 4.78 is 30.4. The van der Waals surface area contributed by atoms with Crippen LogP contribution in [-0.4, -0.2) is 44.6 Å². The molecule has 0 N–H and O–H groups in total. The first kappa shape index (κ1) is 25.1. The SMILES string of the molecule is CCCCCCCCOS(=O)(=O)c1cc(CCCC)ccc1CC.[NaH]. The molecule has 0 fully saturated rings. The molecular weight excluding hydrogens is 343 g/mol. The first-order chi connectivity index (χ1) is 11.5. The van der Waals surface area contributed by atoms with Gasteiger partial charge in [-0.15, -0.1) is 0 Å². The predicted octanol–water partition coefficient (Wildman–Crippen LogP) is 5.01. The van der Waals surface area contributed by atoms with Crippen LogP contribution in [0.2, 0.25) is 0 Å². The summed E-state index contributed by atoms with van der Waals surface area (Å²) in [4.78, 5) is 0.365. The molecule has 0 saturated heterocycles. The van der Waals surface area contributed by atoms with Gasteiger partial charge in [0.25, 0.3) is 10.1 Å². The Bertz CT molecular complexity index is 570. The molecule has 0 amide bonds. The van der Waals surface area contributed by atoms with Gasteiger partial charge in [-0.05, 0) is 42.9 Å². The Labute approximate surface area is 177 Å². The molecule has 0 bridgehead atoms. The summed E-state index contributed by atoms with van der Waals surface area (Å²) in [6.45, 7) is 6.60. The molecule has 1 rings (SSSR count). The Morgan fingerprint density at radius 2 is 1.52 bits per heavy atom. The fourth-order valence-electron chi connectivity index (χ4n) is 2.77. The van der Waals surface area contributed by atoms with Crippen molar-refractivity contribution in [3.05, 3.63) is 29.3 Å². The van der Waals surface area contributed by atoms with Gasteiger partial charge in [0.1, 0.15) is 0 Å². The van der Waals surface area contributed by atoms with Crippen LogP contribution in [0.1, 0.15) is 83.3 Å². The quantitative estimate of drug-likeness (QED) is 0.275. The molecule has 0 unspecified atom stereocenters. The van der Waals surface area contributed by atoms with E-state index in [4.69, 9.17) is 4.18 Å². The van der Waals surface area contributed by atoms with Crippen molar-refractivity contribution < 1.29 is 12.6 Å². The molecule has 0 aliphatic heterocycles. The van der Waals surface area contributed by atoms with E-state index in [0.29, 0.717) is 11.3 Å². The van der Waals surface area contributed by atoms with Gasteiger partial charge in [-0.25, -0.2) is 0 Å². The van der Waals surface area contributed by atoms with E-state index < -0.39 is 10.1 Å². The zero-order valence-electron chi connectivity index (χ0n) is 15.6. The molecule has 1 aromatic carbocycles. The Morgan fingerprint density at radius 1 is 0.880 bits per heavy atom. The average molecular weight is 379 g/mol. The molecule has 0 spiro atoms. The molecule has 3 nitrogen and oxygen atoms in total. The van der Waals surface area contributed by atoms with Crippen molar-refractivity contribution in [2.24, 2.45) is 0 Å². The van der Waals surface area contributed by atoms with E-state index in [-0.39, 0.29) is 36.2 Å². The van der Waals surface area contributed by atoms with Crippen LogP contribution in [0.25, 0.3) is 0 Å². The standard InChI is InChI=1S/C20H34O3S.Na.H/c1-4-7-9-10-11-12-16-23-24(21,22)20-17-18(13-8-5-2)14-15-19(20)6-3;;/h14-15,17H,4-13,16H2,1-3H3;;. The normalized spacial score (nSPS) is 11.3. The fraction of sp³-hybridized carbons (Fsp3) is 0.700. The van der Waals surface area contributed by atoms with Crippen LogP contribution in [-0.2, 0) is 27.1 Å². The van der Waals surface area contributed by atoms with E-state index in [2.05, 4.69) is 13.8 Å². The van der Waals surface area contributed by atoms with E-state index in [1.165, 1.54) is 19.3 Å². The Hall–Kier alpha value is 0.130. The van der Waals surface area contributed by atoms with E-state index in [0.717, 1.165) is 49.7 Å². The van der Waals surface area contributed by atoms with E-state index in [1.54, 1.807) is 0 Å². The summed E-state index contributed by atoms with van der Waals surface area (Å²) in [7, 11) is -3.65. The van der Waals surface area contributed by atoms with Gasteiger partial charge in [0.05, 0.1) is 11.5 Å². The van der Waals surface area contributed by atoms with Crippen molar-refractivity contribution in [2.75, 3.05) is 6.61 Å². The zero-order chi connectivity index (χ0) is 17.8. The van der Waals surface area contributed by atoms with Gasteiger partial charge in [0.15, 0.2) is 0 Å². The van der Waals surface area contributed by atoms with Gasteiger partial charge in [-0.1, -0.05) is 71.4 Å². The molecule has 25 heavy (non-hydrogen) atoms. The van der Waals surface area contributed by atoms with E-state index in [9.17, 15) is 8.42 Å². The number of unbranched alkanes of at least 4 members (excludes halogenated alkanes) is 6. The summed E-state index contributed by atoms with van der Waals surface area (Å²) >= 11 is 0. The summed E-state index contributed by atoms with van der Waals surface area (Å²) in [6.07, 6.45) is 10.5. The van der Waals surface area contributed by atoms with Gasteiger partial charge < -0.3 is 0 Å². The van der Waals surface area contributed by atoms with Crippen LogP contribution < -0.4 is 0 Å². The van der Waals surface area contributed by atoms with Crippen molar-refractivity contribution >= 4 is 39.7 Å². The molecule has 0 atom stereocenters. The second-order valence-electron chi connectivity index (χ2n) is 6.44. The van der Waals surface area contributed by atoms with Gasteiger partial charge in [-0.2, -0.15) is 8.42 Å². The molecule has 0 saturated carbocycles. The fourth-order valence-corrected chi connectivity index (χ4v) is 4.07. The third kappa shape index (κ3) is 9.58. The van der Waals surface area contributed by atoms with Crippen LogP contribution in [0.15, 0.2) is 23.1 Å². The first-order valence-corrected chi connectivity index (χ1v) is 11.0. The third-order valence-electron chi connectivity index (χ3n) is 4.34. The summed E-state index contributed by atoms with van der Waals surface area (Å²) in [5.74, 6) is 0. The topological polar surface area (TPSA) is 43.4 Å². The van der Waals surface area contributed by atoms with Gasteiger partial charge in [0.2, 0.25) is 0 Å². The van der Waals surface area contributed by atoms with Crippen LogP contribution in [0.3, 0.4) is 0 Å². The predicted molar refractivity (Wildman–Crippen MR) is 108 cm³/mol. The number of hydrogen-bond acceptors (Lipinski definition) is 3. The molecular formula is C20H35NaO3S. The minimum absolute atomic E-state index is 0. The monoisotopic (exact) mass is 378 g/mol. The van der Waals surface area contributed by atoms with E-state index in [1.807, 2.05) is 25.1 Å². The maximum absolute atomic E-state index is 12.6. The second-order valence-corrected chi connectivity index (χ2v) is 8.03. The van der Waals surface area contributed by atoms with Crippen LogP contribution in [0.5, 0.6) is 0 Å². The van der Waals surface area contributed by atoms with Crippen LogP contribution in [0, 0.1) is 0 Å². The first-order valence-electron chi connectivity index (χ1n) is 9.56. The maximum atomic E-state index is 12.6. The Balaban J connectivity index is 0.00000576. The molecule has 5 heteroatoms. The van der Waals surface area contributed by atoms with Crippen molar-refractivity contribution in [2.45, 2.75) is 89.9 Å². The molecule has 0 radical (unpaired) electrons. The number of hydrogen-bond donors (Lipinski definition) is 0. The molecule has 0 aliphatic carbocycles. The zero-order valence-corrected chi connectivity index (χ0v) is 16.5. The molecule has 0 heterocycles. The Morgan fingerprint density at radius 3 is 2.16 bits per heavy atom. The van der Waals surface area contributed by atoms with Gasteiger partial charge in [0, 0.05) is 0 Å². The average Bonchev–Trinajstić information content (AvgIpc) is 2.59. The summed E-state index contributed by atoms with van der Waals surface area (Å²) in [5, 5.41) is 0. The third-order valence-corrected chi connectivity index (χ3v) is 5.73. The van der Waals surface area contributed by atoms with Gasteiger partial charge in [-0.3, -0.25) is 4.18 Å². The van der Waals surface area contributed by atoms with Crippen molar-refractivity contribution in [1.82, 2.24) is 0 Å².